The number of methoxy groups -OCH3 is 2. The molecule has 1 aromatic carbocycles. The molecule has 3 heterocycles. The Labute approximate surface area is 157 Å². The van der Waals surface area contributed by atoms with Gasteiger partial charge >= 0.3 is 0 Å². The van der Waals surface area contributed by atoms with Crippen LogP contribution in [0.25, 0.3) is 0 Å². The molecule has 0 amide bonds. The Morgan fingerprint density at radius 1 is 1.22 bits per heavy atom. The highest BCUT2D eigenvalue weighted by Crippen LogP contribution is 2.71. The Bertz CT molecular complexity index is 872. The van der Waals surface area contributed by atoms with E-state index in [0.29, 0.717) is 6.42 Å². The molecule has 1 aromatic rings. The Balaban J connectivity index is 1.69. The molecule has 0 N–H and O–H groups in total. The molecule has 2 bridgehead atoms. The molecule has 5 aliphatic rings. The minimum Gasteiger partial charge on any atom is -0.454 e. The highest BCUT2D eigenvalue weighted by molar-refractivity contribution is 5.89. The van der Waals surface area contributed by atoms with E-state index in [2.05, 4.69) is 18.0 Å². The minimum absolute atomic E-state index is 0.0384. The van der Waals surface area contributed by atoms with Crippen LogP contribution in [0, 0.1) is 0 Å². The van der Waals surface area contributed by atoms with Gasteiger partial charge in [0.15, 0.2) is 23.4 Å². The van der Waals surface area contributed by atoms with Gasteiger partial charge in [-0.05, 0) is 43.3 Å². The first-order valence-corrected chi connectivity index (χ1v) is 9.47. The average Bonchev–Trinajstić information content (AvgIpc) is 3.33. The molecular weight excluding hydrogens is 350 g/mol. The second kappa shape index (κ2) is 4.84. The van der Waals surface area contributed by atoms with Crippen LogP contribution in [0.2, 0.25) is 0 Å². The molecule has 144 valence electrons. The molecule has 0 radical (unpaired) electrons. The lowest BCUT2D eigenvalue weighted by molar-refractivity contribution is -0.309. The van der Waals surface area contributed by atoms with E-state index >= 15 is 0 Å². The molecule has 27 heavy (non-hydrogen) atoms. The fourth-order valence-corrected chi connectivity index (χ4v) is 6.82. The lowest BCUT2D eigenvalue weighted by atomic mass is 9.51. The van der Waals surface area contributed by atoms with Crippen LogP contribution in [0.1, 0.15) is 36.5 Å². The largest absolute Gasteiger partial charge is 0.454 e. The van der Waals surface area contributed by atoms with Crippen LogP contribution in [0.4, 0.5) is 0 Å². The van der Waals surface area contributed by atoms with Crippen LogP contribution in [0.5, 0.6) is 11.5 Å². The van der Waals surface area contributed by atoms with Gasteiger partial charge in [0.25, 0.3) is 0 Å². The molecule has 6 rings (SSSR count). The van der Waals surface area contributed by atoms with Crippen LogP contribution >= 0.6 is 0 Å². The van der Waals surface area contributed by atoms with Crippen LogP contribution in [0.15, 0.2) is 12.1 Å². The first-order chi connectivity index (χ1) is 13.0. The van der Waals surface area contributed by atoms with E-state index in [-0.39, 0.29) is 24.1 Å². The lowest BCUT2D eigenvalue weighted by Crippen LogP contribution is -2.76. The van der Waals surface area contributed by atoms with Crippen molar-refractivity contribution in [3.63, 3.8) is 0 Å². The fraction of sp³-hybridized carbons (Fsp3) is 0.650. The standard InChI is InChI=1S/C20H23NO6/c1-21-5-4-18-8-13(22)17(23-2)20(24-3)19(18,21)9-16(27-20)11-6-14-15(7-12(11)18)26-10-25-14/h6-7,16-17H,4-5,8-10H2,1-3H3/t16-,17-,18-,19-,20-/m0/s1. The molecule has 2 saturated heterocycles. The van der Waals surface area contributed by atoms with E-state index in [1.165, 1.54) is 0 Å². The quantitative estimate of drug-likeness (QED) is 0.779. The van der Waals surface area contributed by atoms with Crippen molar-refractivity contribution in [3.8, 4) is 11.5 Å². The smallest absolute Gasteiger partial charge is 0.231 e. The number of likely N-dealkylation sites (N-methyl/N-ethyl adjacent to an activating group) is 1. The molecule has 1 spiro atoms. The number of hydrogen-bond donors (Lipinski definition) is 0. The fourth-order valence-electron chi connectivity index (χ4n) is 6.82. The number of fused-ring (bicyclic) bond motifs is 4. The van der Waals surface area contributed by atoms with Gasteiger partial charge in [0.2, 0.25) is 12.6 Å². The third-order valence-corrected chi connectivity index (χ3v) is 7.75. The zero-order valence-electron chi connectivity index (χ0n) is 15.7. The first kappa shape index (κ1) is 16.3. The van der Waals surface area contributed by atoms with Crippen molar-refractivity contribution in [2.45, 2.75) is 48.2 Å². The average molecular weight is 373 g/mol. The zero-order valence-corrected chi connectivity index (χ0v) is 15.7. The molecule has 5 atom stereocenters. The molecule has 2 aliphatic carbocycles. The highest BCUT2D eigenvalue weighted by Gasteiger charge is 2.82. The van der Waals surface area contributed by atoms with Gasteiger partial charge < -0.3 is 23.7 Å². The number of hydrogen-bond acceptors (Lipinski definition) is 7. The third kappa shape index (κ3) is 1.49. The van der Waals surface area contributed by atoms with E-state index in [4.69, 9.17) is 23.7 Å². The Morgan fingerprint density at radius 3 is 2.74 bits per heavy atom. The number of ether oxygens (including phenoxy) is 5. The van der Waals surface area contributed by atoms with Gasteiger partial charge in [-0.3, -0.25) is 9.69 Å². The number of benzene rings is 1. The molecule has 7 nitrogen and oxygen atoms in total. The summed E-state index contributed by atoms with van der Waals surface area (Å²) < 4.78 is 29.7. The summed E-state index contributed by atoms with van der Waals surface area (Å²) in [6.07, 6.45) is 1.15. The molecule has 0 unspecified atom stereocenters. The van der Waals surface area contributed by atoms with E-state index in [0.717, 1.165) is 42.0 Å². The van der Waals surface area contributed by atoms with Crippen molar-refractivity contribution in [1.29, 1.82) is 0 Å². The molecule has 7 heteroatoms. The van der Waals surface area contributed by atoms with E-state index in [1.807, 2.05) is 6.07 Å². The number of likely N-dealkylation sites (tertiary alicyclic amines) is 1. The number of carbonyl (C=O) groups excluding carboxylic acids is 1. The Kier molecular flexibility index (Phi) is 2.92. The van der Waals surface area contributed by atoms with Crippen molar-refractivity contribution in [1.82, 2.24) is 4.90 Å². The first-order valence-electron chi connectivity index (χ1n) is 9.47. The zero-order chi connectivity index (χ0) is 18.6. The summed E-state index contributed by atoms with van der Waals surface area (Å²) in [5.41, 5.74) is 1.41. The van der Waals surface area contributed by atoms with Crippen LogP contribution < -0.4 is 9.47 Å². The monoisotopic (exact) mass is 373 g/mol. The van der Waals surface area contributed by atoms with Crippen LogP contribution in [-0.4, -0.2) is 62.7 Å². The predicted octanol–water partition coefficient (Wildman–Crippen LogP) is 1.53. The highest BCUT2D eigenvalue weighted by atomic mass is 16.7. The van der Waals surface area contributed by atoms with Gasteiger partial charge in [-0.25, -0.2) is 0 Å². The van der Waals surface area contributed by atoms with Gasteiger partial charge in [-0.15, -0.1) is 0 Å². The summed E-state index contributed by atoms with van der Waals surface area (Å²) in [6, 6.07) is 4.11. The topological polar surface area (TPSA) is 66.5 Å². The van der Waals surface area contributed by atoms with Crippen LogP contribution in [0.3, 0.4) is 0 Å². The summed E-state index contributed by atoms with van der Waals surface area (Å²) in [4.78, 5) is 15.6. The van der Waals surface area contributed by atoms with E-state index in [9.17, 15) is 4.79 Å². The van der Waals surface area contributed by atoms with Crippen molar-refractivity contribution in [2.75, 3.05) is 34.6 Å². The van der Waals surface area contributed by atoms with Crippen molar-refractivity contribution < 1.29 is 28.5 Å². The minimum atomic E-state index is -1.13. The number of rotatable bonds is 2. The maximum absolute atomic E-state index is 13.2. The summed E-state index contributed by atoms with van der Waals surface area (Å²) in [7, 11) is 5.31. The Morgan fingerprint density at radius 2 is 2.00 bits per heavy atom. The van der Waals surface area contributed by atoms with Gasteiger partial charge in [-0.2, -0.15) is 0 Å². The summed E-state index contributed by atoms with van der Waals surface area (Å²) in [5.74, 6) is 0.406. The molecule has 1 saturated carbocycles. The summed E-state index contributed by atoms with van der Waals surface area (Å²) in [5, 5.41) is 0. The predicted molar refractivity (Wildman–Crippen MR) is 92.8 cm³/mol. The van der Waals surface area contributed by atoms with Crippen LogP contribution in [-0.2, 0) is 24.4 Å². The van der Waals surface area contributed by atoms with Gasteiger partial charge in [0, 0.05) is 32.5 Å². The summed E-state index contributed by atoms with van der Waals surface area (Å²) in [6.45, 7) is 1.10. The van der Waals surface area contributed by atoms with E-state index in [1.54, 1.807) is 14.2 Å². The van der Waals surface area contributed by atoms with Crippen molar-refractivity contribution >= 4 is 5.78 Å². The van der Waals surface area contributed by atoms with Gasteiger partial charge in [0.1, 0.15) is 0 Å². The van der Waals surface area contributed by atoms with Crippen molar-refractivity contribution in [3.05, 3.63) is 23.3 Å². The normalized spacial score (nSPS) is 43.7. The van der Waals surface area contributed by atoms with Crippen molar-refractivity contribution in [2.24, 2.45) is 0 Å². The van der Waals surface area contributed by atoms with Gasteiger partial charge in [-0.1, -0.05) is 0 Å². The number of Topliss-reactive ketones (excluding diaryl/α,β-unsaturated/α-hetero) is 1. The third-order valence-electron chi connectivity index (χ3n) is 7.75. The maximum atomic E-state index is 13.2. The second-order valence-corrected chi connectivity index (χ2v) is 8.35. The maximum Gasteiger partial charge on any atom is 0.231 e. The summed E-state index contributed by atoms with van der Waals surface area (Å²) >= 11 is 0. The molecule has 3 fully saturated rings. The number of ketones is 1. The lowest BCUT2D eigenvalue weighted by Gasteiger charge is -2.59. The number of carbonyl (C=O) groups is 1. The molecule has 3 aliphatic heterocycles. The van der Waals surface area contributed by atoms with E-state index < -0.39 is 17.4 Å². The SMILES string of the molecule is CO[C@H]1C(=O)C[C@]23CCN(C)[C@@]24C[C@H](O[C@@]14OC)c1cc2c(cc13)OCO2. The molecular formula is C20H23NO6. The second-order valence-electron chi connectivity index (χ2n) is 8.35. The molecule has 0 aromatic heterocycles. The Hall–Kier alpha value is -1.67. The number of nitrogens with zero attached hydrogens (tertiary/aromatic N) is 1. The van der Waals surface area contributed by atoms with Gasteiger partial charge in [0.05, 0.1) is 11.6 Å².